The zero-order valence-corrected chi connectivity index (χ0v) is 15.2. The number of hydrogen-bond donors (Lipinski definition) is 1. The Morgan fingerprint density at radius 1 is 1.27 bits per heavy atom. The maximum Gasteiger partial charge on any atom is 0.227 e. The summed E-state index contributed by atoms with van der Waals surface area (Å²) in [4.78, 5) is 25.6. The SMILES string of the molecule is O=C(Cc1ccc(N2CCCC2=O)cc1)NCCCOCC1CCCO1. The van der Waals surface area contributed by atoms with Crippen molar-refractivity contribution in [1.82, 2.24) is 5.32 Å². The number of nitrogens with zero attached hydrogens (tertiary/aromatic N) is 1. The van der Waals surface area contributed by atoms with Gasteiger partial charge in [0, 0.05) is 38.4 Å². The van der Waals surface area contributed by atoms with Crippen LogP contribution in [-0.4, -0.2) is 50.8 Å². The molecule has 0 saturated carbocycles. The highest BCUT2D eigenvalue weighted by Crippen LogP contribution is 2.21. The number of hydrogen-bond acceptors (Lipinski definition) is 4. The van der Waals surface area contributed by atoms with E-state index in [2.05, 4.69) is 5.32 Å². The van der Waals surface area contributed by atoms with Crippen LogP contribution in [0.15, 0.2) is 24.3 Å². The van der Waals surface area contributed by atoms with Crippen LogP contribution < -0.4 is 10.2 Å². The number of carbonyl (C=O) groups is 2. The zero-order chi connectivity index (χ0) is 18.2. The van der Waals surface area contributed by atoms with Gasteiger partial charge in [-0.3, -0.25) is 9.59 Å². The van der Waals surface area contributed by atoms with E-state index >= 15 is 0 Å². The van der Waals surface area contributed by atoms with Gasteiger partial charge in [-0.05, 0) is 43.4 Å². The van der Waals surface area contributed by atoms with Crippen molar-refractivity contribution in [2.75, 3.05) is 37.8 Å². The summed E-state index contributed by atoms with van der Waals surface area (Å²) in [5.74, 6) is 0.186. The van der Waals surface area contributed by atoms with Crippen molar-refractivity contribution in [3.8, 4) is 0 Å². The first-order valence-corrected chi connectivity index (χ1v) is 9.58. The van der Waals surface area contributed by atoms with E-state index in [4.69, 9.17) is 9.47 Å². The van der Waals surface area contributed by atoms with Crippen LogP contribution in [0.3, 0.4) is 0 Å². The molecule has 1 aromatic carbocycles. The third-order valence-electron chi connectivity index (χ3n) is 4.80. The van der Waals surface area contributed by atoms with E-state index < -0.39 is 0 Å². The van der Waals surface area contributed by atoms with Crippen LogP contribution in [0.5, 0.6) is 0 Å². The quantitative estimate of drug-likeness (QED) is 0.685. The Labute approximate surface area is 154 Å². The Bertz CT molecular complexity index is 596. The highest BCUT2D eigenvalue weighted by Gasteiger charge is 2.21. The minimum absolute atomic E-state index is 0.00845. The molecule has 0 aliphatic carbocycles. The van der Waals surface area contributed by atoms with Gasteiger partial charge in [0.25, 0.3) is 0 Å². The van der Waals surface area contributed by atoms with Gasteiger partial charge in [0.2, 0.25) is 11.8 Å². The third kappa shape index (κ3) is 5.54. The van der Waals surface area contributed by atoms with Crippen LogP contribution >= 0.6 is 0 Å². The van der Waals surface area contributed by atoms with E-state index in [1.165, 1.54) is 0 Å². The molecular weight excluding hydrogens is 332 g/mol. The smallest absolute Gasteiger partial charge is 0.227 e. The lowest BCUT2D eigenvalue weighted by Gasteiger charge is -2.15. The number of ether oxygens (including phenoxy) is 2. The average Bonchev–Trinajstić information content (AvgIpc) is 3.30. The molecule has 1 unspecified atom stereocenters. The maximum absolute atomic E-state index is 12.0. The molecule has 2 heterocycles. The monoisotopic (exact) mass is 360 g/mol. The second-order valence-corrected chi connectivity index (χ2v) is 6.91. The van der Waals surface area contributed by atoms with E-state index in [0.717, 1.165) is 50.1 Å². The lowest BCUT2D eigenvalue weighted by molar-refractivity contribution is -0.120. The number of carbonyl (C=O) groups excluding carboxylic acids is 2. The van der Waals surface area contributed by atoms with Crippen LogP contribution in [0.4, 0.5) is 5.69 Å². The van der Waals surface area contributed by atoms with Crippen LogP contribution in [0.25, 0.3) is 0 Å². The fourth-order valence-corrected chi connectivity index (χ4v) is 3.36. The van der Waals surface area contributed by atoms with Gasteiger partial charge in [-0.1, -0.05) is 12.1 Å². The second kappa shape index (κ2) is 9.69. The standard InChI is InChI=1S/C20H28N2O4/c23-19(21-10-3-12-25-15-18-4-2-13-26-18)14-16-6-8-17(9-7-16)22-11-1-5-20(22)24/h6-9,18H,1-5,10-15H2,(H,21,23). The first-order chi connectivity index (χ1) is 12.7. The van der Waals surface area contributed by atoms with Crippen LogP contribution in [0, 0.1) is 0 Å². The van der Waals surface area contributed by atoms with E-state index in [1.54, 1.807) is 4.90 Å². The van der Waals surface area contributed by atoms with Gasteiger partial charge in [-0.15, -0.1) is 0 Å². The fraction of sp³-hybridized carbons (Fsp3) is 0.600. The number of rotatable bonds is 9. The van der Waals surface area contributed by atoms with Gasteiger partial charge < -0.3 is 19.7 Å². The molecule has 6 heteroatoms. The summed E-state index contributed by atoms with van der Waals surface area (Å²) in [6.45, 7) is 3.54. The van der Waals surface area contributed by atoms with Crippen LogP contribution in [0.1, 0.15) is 37.7 Å². The molecule has 2 aliphatic rings. The fourth-order valence-electron chi connectivity index (χ4n) is 3.36. The van der Waals surface area contributed by atoms with Gasteiger partial charge in [0.05, 0.1) is 19.1 Å². The summed E-state index contributed by atoms with van der Waals surface area (Å²) < 4.78 is 11.1. The Balaban J connectivity index is 1.30. The average molecular weight is 360 g/mol. The highest BCUT2D eigenvalue weighted by molar-refractivity contribution is 5.95. The Kier molecular flexibility index (Phi) is 7.03. The van der Waals surface area contributed by atoms with Crippen LogP contribution in [0.2, 0.25) is 0 Å². The Hall–Kier alpha value is -1.92. The van der Waals surface area contributed by atoms with Crippen molar-refractivity contribution in [3.05, 3.63) is 29.8 Å². The number of benzene rings is 1. The predicted molar refractivity (Wildman–Crippen MR) is 99.2 cm³/mol. The molecule has 0 aromatic heterocycles. The first-order valence-electron chi connectivity index (χ1n) is 9.58. The van der Waals surface area contributed by atoms with Crippen molar-refractivity contribution in [2.45, 2.75) is 44.6 Å². The summed E-state index contributed by atoms with van der Waals surface area (Å²) in [6, 6.07) is 7.69. The molecule has 1 N–H and O–H groups in total. The number of nitrogens with one attached hydrogen (secondary N) is 1. The molecule has 1 atom stereocenters. The predicted octanol–water partition coefficient (Wildman–Crippen LogP) is 2.06. The van der Waals surface area contributed by atoms with Crippen molar-refractivity contribution < 1.29 is 19.1 Å². The normalized spacial score (nSPS) is 19.9. The van der Waals surface area contributed by atoms with Gasteiger partial charge in [-0.2, -0.15) is 0 Å². The lowest BCUT2D eigenvalue weighted by atomic mass is 10.1. The molecule has 6 nitrogen and oxygen atoms in total. The highest BCUT2D eigenvalue weighted by atomic mass is 16.5. The third-order valence-corrected chi connectivity index (χ3v) is 4.80. The summed E-state index contributed by atoms with van der Waals surface area (Å²) >= 11 is 0. The molecule has 0 bridgehead atoms. The summed E-state index contributed by atoms with van der Waals surface area (Å²) in [6.07, 6.45) is 5.16. The summed E-state index contributed by atoms with van der Waals surface area (Å²) in [5.41, 5.74) is 1.87. The van der Waals surface area contributed by atoms with Crippen molar-refractivity contribution in [2.24, 2.45) is 0 Å². The minimum atomic E-state index is 0.00845. The molecule has 2 fully saturated rings. The Morgan fingerprint density at radius 3 is 2.81 bits per heavy atom. The van der Waals surface area contributed by atoms with Crippen molar-refractivity contribution in [3.63, 3.8) is 0 Å². The van der Waals surface area contributed by atoms with E-state index in [-0.39, 0.29) is 17.9 Å². The molecule has 1 aromatic rings. The molecule has 3 rings (SSSR count). The topological polar surface area (TPSA) is 67.9 Å². The van der Waals surface area contributed by atoms with Crippen molar-refractivity contribution >= 4 is 17.5 Å². The van der Waals surface area contributed by atoms with Gasteiger partial charge in [0.1, 0.15) is 0 Å². The number of anilines is 1. The van der Waals surface area contributed by atoms with E-state index in [9.17, 15) is 9.59 Å². The minimum Gasteiger partial charge on any atom is -0.379 e. The zero-order valence-electron chi connectivity index (χ0n) is 15.2. The first kappa shape index (κ1) is 18.9. The molecule has 142 valence electrons. The van der Waals surface area contributed by atoms with E-state index in [0.29, 0.717) is 32.6 Å². The van der Waals surface area contributed by atoms with Crippen molar-refractivity contribution in [1.29, 1.82) is 0 Å². The largest absolute Gasteiger partial charge is 0.379 e. The second-order valence-electron chi connectivity index (χ2n) is 6.91. The summed E-state index contributed by atoms with van der Waals surface area (Å²) in [5, 5.41) is 2.92. The molecule has 26 heavy (non-hydrogen) atoms. The maximum atomic E-state index is 12.0. The molecule has 2 aliphatic heterocycles. The van der Waals surface area contributed by atoms with Crippen LogP contribution in [-0.2, 0) is 25.5 Å². The van der Waals surface area contributed by atoms with E-state index in [1.807, 2.05) is 24.3 Å². The lowest BCUT2D eigenvalue weighted by Crippen LogP contribution is -2.27. The molecule has 2 amide bonds. The Morgan fingerprint density at radius 2 is 2.12 bits per heavy atom. The number of amides is 2. The molecular formula is C20H28N2O4. The molecule has 2 saturated heterocycles. The molecule has 0 radical (unpaired) electrons. The molecule has 0 spiro atoms. The van der Waals surface area contributed by atoms with Gasteiger partial charge in [0.15, 0.2) is 0 Å². The summed E-state index contributed by atoms with van der Waals surface area (Å²) in [7, 11) is 0. The van der Waals surface area contributed by atoms with Gasteiger partial charge in [-0.25, -0.2) is 0 Å². The van der Waals surface area contributed by atoms with Gasteiger partial charge >= 0.3 is 0 Å².